The van der Waals surface area contributed by atoms with Crippen LogP contribution >= 0.6 is 11.6 Å². The van der Waals surface area contributed by atoms with Crippen molar-refractivity contribution in [2.45, 2.75) is 39.2 Å². The second-order valence-corrected chi connectivity index (χ2v) is 4.92. The van der Waals surface area contributed by atoms with E-state index in [4.69, 9.17) is 11.6 Å². The summed E-state index contributed by atoms with van der Waals surface area (Å²) in [5.74, 6) is -1.41. The molecule has 1 aromatic carbocycles. The Morgan fingerprint density at radius 1 is 1.32 bits per heavy atom. The van der Waals surface area contributed by atoms with E-state index in [0.717, 1.165) is 5.56 Å². The number of amides is 1. The Morgan fingerprint density at radius 2 is 1.89 bits per heavy atom. The number of hydrogen-bond donors (Lipinski definition) is 2. The molecule has 0 unspecified atom stereocenters. The van der Waals surface area contributed by atoms with Crippen LogP contribution in [0.2, 0.25) is 5.02 Å². The maximum atomic E-state index is 12.1. The first-order valence-corrected chi connectivity index (χ1v) is 6.56. The van der Waals surface area contributed by atoms with Crippen LogP contribution in [-0.2, 0) is 4.79 Å². The Morgan fingerprint density at radius 3 is 2.32 bits per heavy atom. The number of rotatable bonds is 5. The summed E-state index contributed by atoms with van der Waals surface area (Å²) in [5, 5.41) is 12.5. The second-order valence-electron chi connectivity index (χ2n) is 4.51. The first-order valence-electron chi connectivity index (χ1n) is 6.18. The molecule has 0 fully saturated rings. The highest BCUT2D eigenvalue weighted by Crippen LogP contribution is 2.19. The quantitative estimate of drug-likeness (QED) is 0.873. The van der Waals surface area contributed by atoms with Crippen LogP contribution < -0.4 is 5.32 Å². The van der Waals surface area contributed by atoms with Gasteiger partial charge in [-0.2, -0.15) is 0 Å². The number of carboxylic acids is 1. The summed E-state index contributed by atoms with van der Waals surface area (Å²) in [6, 6.07) is 4.87. The van der Waals surface area contributed by atoms with Crippen LogP contribution in [0.4, 0.5) is 0 Å². The highest BCUT2D eigenvalue weighted by molar-refractivity contribution is 6.31. The molecule has 1 rings (SSSR count). The zero-order valence-corrected chi connectivity index (χ0v) is 12.0. The number of benzene rings is 1. The molecule has 0 saturated heterocycles. The number of aryl methyl sites for hydroxylation is 1. The number of carboxylic acid groups (broad SMARTS) is 1. The molecule has 0 bridgehead atoms. The van der Waals surface area contributed by atoms with E-state index in [2.05, 4.69) is 5.32 Å². The summed E-state index contributed by atoms with van der Waals surface area (Å²) in [6.45, 7) is 5.28. The topological polar surface area (TPSA) is 66.4 Å². The summed E-state index contributed by atoms with van der Waals surface area (Å²) in [5.41, 5.74) is -0.0254. The Bertz CT molecular complexity index is 495. The molecule has 2 N–H and O–H groups in total. The summed E-state index contributed by atoms with van der Waals surface area (Å²) >= 11 is 5.90. The Balaban J connectivity index is 3.00. The van der Waals surface area contributed by atoms with Gasteiger partial charge in [-0.25, -0.2) is 4.79 Å². The largest absolute Gasteiger partial charge is 0.480 e. The predicted molar refractivity (Wildman–Crippen MR) is 74.6 cm³/mol. The van der Waals surface area contributed by atoms with Gasteiger partial charge in [-0.3, -0.25) is 4.79 Å². The lowest BCUT2D eigenvalue weighted by Gasteiger charge is -2.28. The first-order chi connectivity index (χ1) is 8.86. The molecule has 5 heteroatoms. The maximum Gasteiger partial charge on any atom is 0.329 e. The SMILES string of the molecule is CCC(CC)(NC(=O)c1ccc(Cl)c(C)c1)C(=O)O. The predicted octanol–water partition coefficient (Wildman–Crippen LogP) is 3.02. The van der Waals surface area contributed by atoms with Gasteiger partial charge in [0.15, 0.2) is 0 Å². The molecule has 0 aliphatic carbocycles. The average Bonchev–Trinajstić information content (AvgIpc) is 2.38. The summed E-state index contributed by atoms with van der Waals surface area (Å²) in [7, 11) is 0. The normalized spacial score (nSPS) is 11.2. The third-order valence-electron chi connectivity index (χ3n) is 3.39. The van der Waals surface area contributed by atoms with Crippen LogP contribution in [0.1, 0.15) is 42.6 Å². The van der Waals surface area contributed by atoms with E-state index in [9.17, 15) is 14.7 Å². The van der Waals surface area contributed by atoms with Gasteiger partial charge in [0.2, 0.25) is 0 Å². The minimum atomic E-state index is -1.22. The van der Waals surface area contributed by atoms with Crippen molar-refractivity contribution in [1.82, 2.24) is 5.32 Å². The molecule has 104 valence electrons. The molecular weight excluding hydrogens is 266 g/mol. The summed E-state index contributed by atoms with van der Waals surface area (Å²) < 4.78 is 0. The molecule has 4 nitrogen and oxygen atoms in total. The van der Waals surface area contributed by atoms with Crippen LogP contribution in [0, 0.1) is 6.92 Å². The zero-order valence-electron chi connectivity index (χ0n) is 11.3. The van der Waals surface area contributed by atoms with Crippen molar-refractivity contribution in [2.75, 3.05) is 0 Å². The van der Waals surface area contributed by atoms with Crippen molar-refractivity contribution in [3.63, 3.8) is 0 Å². The van der Waals surface area contributed by atoms with E-state index in [-0.39, 0.29) is 0 Å². The molecular formula is C14H18ClNO3. The van der Waals surface area contributed by atoms with Crippen molar-refractivity contribution < 1.29 is 14.7 Å². The number of aliphatic carboxylic acids is 1. The third-order valence-corrected chi connectivity index (χ3v) is 3.81. The van der Waals surface area contributed by atoms with Crippen LogP contribution in [0.25, 0.3) is 0 Å². The van der Waals surface area contributed by atoms with Gasteiger partial charge in [0.1, 0.15) is 5.54 Å². The Hall–Kier alpha value is -1.55. The van der Waals surface area contributed by atoms with Gasteiger partial charge in [-0.15, -0.1) is 0 Å². The monoisotopic (exact) mass is 283 g/mol. The van der Waals surface area contributed by atoms with Gasteiger partial charge in [0.25, 0.3) is 5.91 Å². The minimum Gasteiger partial charge on any atom is -0.480 e. The smallest absolute Gasteiger partial charge is 0.329 e. The first kappa shape index (κ1) is 15.5. The number of halogens is 1. The molecule has 0 aromatic heterocycles. The van der Waals surface area contributed by atoms with Crippen molar-refractivity contribution >= 4 is 23.5 Å². The molecule has 19 heavy (non-hydrogen) atoms. The minimum absolute atomic E-state index is 0.331. The fourth-order valence-electron chi connectivity index (χ4n) is 1.86. The van der Waals surface area contributed by atoms with E-state index in [1.165, 1.54) is 0 Å². The lowest BCUT2D eigenvalue weighted by molar-refractivity contribution is -0.144. The van der Waals surface area contributed by atoms with Crippen LogP contribution in [0.3, 0.4) is 0 Å². The van der Waals surface area contributed by atoms with Crippen molar-refractivity contribution in [3.05, 3.63) is 34.3 Å². The molecule has 0 aliphatic rings. The average molecular weight is 284 g/mol. The fraction of sp³-hybridized carbons (Fsp3) is 0.429. The molecule has 1 amide bonds. The summed E-state index contributed by atoms with van der Waals surface area (Å²) in [4.78, 5) is 23.5. The van der Waals surface area contributed by atoms with Crippen molar-refractivity contribution in [2.24, 2.45) is 0 Å². The van der Waals surface area contributed by atoms with Gasteiger partial charge in [0.05, 0.1) is 0 Å². The van der Waals surface area contributed by atoms with Crippen molar-refractivity contribution in [1.29, 1.82) is 0 Å². The number of nitrogens with one attached hydrogen (secondary N) is 1. The number of carbonyl (C=O) groups excluding carboxylic acids is 1. The molecule has 0 saturated carbocycles. The molecule has 0 radical (unpaired) electrons. The number of carbonyl (C=O) groups is 2. The van der Waals surface area contributed by atoms with E-state index < -0.39 is 17.4 Å². The highest BCUT2D eigenvalue weighted by Gasteiger charge is 2.36. The third kappa shape index (κ3) is 3.26. The maximum absolute atomic E-state index is 12.1. The molecule has 0 spiro atoms. The summed E-state index contributed by atoms with van der Waals surface area (Å²) in [6.07, 6.45) is 0.661. The molecule has 0 atom stereocenters. The van der Waals surface area contributed by atoms with Gasteiger partial charge >= 0.3 is 5.97 Å². The van der Waals surface area contributed by atoms with Gasteiger partial charge in [0, 0.05) is 10.6 Å². The fourth-order valence-corrected chi connectivity index (χ4v) is 1.98. The standard InChI is InChI=1S/C14H18ClNO3/c1-4-14(5-2,13(18)19)16-12(17)10-6-7-11(15)9(3)8-10/h6-8H,4-5H2,1-3H3,(H,16,17)(H,18,19). The second kappa shape index (κ2) is 6.06. The Kier molecular flexibility index (Phi) is 4.95. The van der Waals surface area contributed by atoms with E-state index in [1.807, 2.05) is 0 Å². The molecule has 0 heterocycles. The zero-order chi connectivity index (χ0) is 14.6. The number of hydrogen-bond acceptors (Lipinski definition) is 2. The van der Waals surface area contributed by atoms with E-state index >= 15 is 0 Å². The molecule has 1 aromatic rings. The Labute approximate surface area is 117 Å². The van der Waals surface area contributed by atoms with Gasteiger partial charge in [-0.1, -0.05) is 25.4 Å². The van der Waals surface area contributed by atoms with Gasteiger partial charge < -0.3 is 10.4 Å². The molecule has 0 aliphatic heterocycles. The van der Waals surface area contributed by atoms with Gasteiger partial charge in [-0.05, 0) is 43.5 Å². The van der Waals surface area contributed by atoms with Crippen LogP contribution in [0.5, 0.6) is 0 Å². The lowest BCUT2D eigenvalue weighted by atomic mass is 9.92. The lowest BCUT2D eigenvalue weighted by Crippen LogP contribution is -2.53. The van der Waals surface area contributed by atoms with Crippen molar-refractivity contribution in [3.8, 4) is 0 Å². The van der Waals surface area contributed by atoms with E-state index in [1.54, 1.807) is 39.0 Å². The highest BCUT2D eigenvalue weighted by atomic mass is 35.5. The van der Waals surface area contributed by atoms with E-state index in [0.29, 0.717) is 23.4 Å². The van der Waals surface area contributed by atoms with Crippen LogP contribution in [0.15, 0.2) is 18.2 Å². The van der Waals surface area contributed by atoms with Crippen LogP contribution in [-0.4, -0.2) is 22.5 Å².